The summed E-state index contributed by atoms with van der Waals surface area (Å²) in [6, 6.07) is 18.7. The van der Waals surface area contributed by atoms with Gasteiger partial charge < -0.3 is 10.1 Å². The van der Waals surface area contributed by atoms with Crippen LogP contribution in [0.25, 0.3) is 10.8 Å². The average molecular weight is 351 g/mol. The fourth-order valence-electron chi connectivity index (χ4n) is 2.62. The number of hydrogen-bond donors (Lipinski definition) is 1. The van der Waals surface area contributed by atoms with Crippen molar-refractivity contribution in [2.75, 3.05) is 0 Å². The van der Waals surface area contributed by atoms with E-state index in [1.165, 1.54) is 19.1 Å². The molecular weight excluding hydrogens is 333 g/mol. The molecule has 0 radical (unpaired) electrons. The predicted octanol–water partition coefficient (Wildman–Crippen LogP) is 3.84. The maximum absolute atomic E-state index is 12.9. The summed E-state index contributed by atoms with van der Waals surface area (Å²) in [4.78, 5) is 24.6. The van der Waals surface area contributed by atoms with Gasteiger partial charge in [-0.2, -0.15) is 0 Å². The van der Waals surface area contributed by atoms with Crippen LogP contribution in [0.2, 0.25) is 0 Å². The molecule has 1 unspecified atom stereocenters. The topological polar surface area (TPSA) is 55.4 Å². The minimum atomic E-state index is -0.943. The molecule has 0 spiro atoms. The summed E-state index contributed by atoms with van der Waals surface area (Å²) < 4.78 is 18.2. The van der Waals surface area contributed by atoms with Crippen LogP contribution in [0.5, 0.6) is 0 Å². The van der Waals surface area contributed by atoms with Gasteiger partial charge >= 0.3 is 5.97 Å². The SMILES string of the molecule is CC(OC(=O)c1cccc2ccccc12)C(=O)NCc1ccc(F)cc1. The average Bonchev–Trinajstić information content (AvgIpc) is 2.66. The standard InChI is InChI=1S/C21H18FNO3/c1-14(20(24)23-13-15-9-11-17(22)12-10-15)26-21(25)19-8-4-6-16-5-2-3-7-18(16)19/h2-12,14H,13H2,1H3,(H,23,24). The highest BCUT2D eigenvalue weighted by Gasteiger charge is 2.20. The molecule has 0 fully saturated rings. The Hall–Kier alpha value is -3.21. The molecule has 0 heterocycles. The molecule has 4 nitrogen and oxygen atoms in total. The van der Waals surface area contributed by atoms with Gasteiger partial charge in [-0.3, -0.25) is 4.79 Å². The first-order valence-electron chi connectivity index (χ1n) is 8.25. The molecule has 0 aliphatic heterocycles. The van der Waals surface area contributed by atoms with E-state index in [4.69, 9.17) is 4.74 Å². The minimum absolute atomic E-state index is 0.231. The lowest BCUT2D eigenvalue weighted by atomic mass is 10.0. The van der Waals surface area contributed by atoms with Crippen LogP contribution in [0.1, 0.15) is 22.8 Å². The van der Waals surface area contributed by atoms with E-state index in [1.54, 1.807) is 24.3 Å². The number of rotatable bonds is 5. The molecule has 1 N–H and O–H groups in total. The number of halogens is 1. The zero-order valence-electron chi connectivity index (χ0n) is 14.2. The number of esters is 1. The summed E-state index contributed by atoms with van der Waals surface area (Å²) in [6.45, 7) is 1.75. The van der Waals surface area contributed by atoms with Gasteiger partial charge in [0.15, 0.2) is 6.10 Å². The van der Waals surface area contributed by atoms with Crippen molar-refractivity contribution in [3.63, 3.8) is 0 Å². The third kappa shape index (κ3) is 4.06. The highest BCUT2D eigenvalue weighted by atomic mass is 19.1. The van der Waals surface area contributed by atoms with Crippen LogP contribution in [0.3, 0.4) is 0 Å². The predicted molar refractivity (Wildman–Crippen MR) is 97.1 cm³/mol. The largest absolute Gasteiger partial charge is 0.449 e. The second-order valence-corrected chi connectivity index (χ2v) is 5.92. The molecule has 1 amide bonds. The van der Waals surface area contributed by atoms with Crippen LogP contribution in [-0.4, -0.2) is 18.0 Å². The van der Waals surface area contributed by atoms with E-state index in [0.717, 1.165) is 16.3 Å². The maximum Gasteiger partial charge on any atom is 0.339 e. The van der Waals surface area contributed by atoms with Crippen molar-refractivity contribution in [2.45, 2.75) is 19.6 Å². The van der Waals surface area contributed by atoms with Gasteiger partial charge in [-0.1, -0.05) is 48.5 Å². The van der Waals surface area contributed by atoms with Crippen LogP contribution in [-0.2, 0) is 16.1 Å². The van der Waals surface area contributed by atoms with Gasteiger partial charge in [-0.05, 0) is 41.5 Å². The van der Waals surface area contributed by atoms with E-state index >= 15 is 0 Å². The third-order valence-corrected chi connectivity index (χ3v) is 4.04. The van der Waals surface area contributed by atoms with E-state index in [2.05, 4.69) is 5.32 Å². The first-order valence-corrected chi connectivity index (χ1v) is 8.25. The molecule has 3 rings (SSSR count). The number of carbonyl (C=O) groups is 2. The summed E-state index contributed by atoms with van der Waals surface area (Å²) in [5.41, 5.74) is 1.17. The quantitative estimate of drug-likeness (QED) is 0.711. The number of fused-ring (bicyclic) bond motifs is 1. The highest BCUT2D eigenvalue weighted by molar-refractivity contribution is 6.05. The lowest BCUT2D eigenvalue weighted by Gasteiger charge is -2.14. The van der Waals surface area contributed by atoms with Crippen molar-refractivity contribution in [2.24, 2.45) is 0 Å². The molecule has 0 aromatic heterocycles. The van der Waals surface area contributed by atoms with Gasteiger partial charge in [0.1, 0.15) is 5.82 Å². The molecule has 0 aliphatic carbocycles. The molecule has 3 aromatic rings. The zero-order valence-corrected chi connectivity index (χ0v) is 14.2. The molecule has 0 bridgehead atoms. The number of nitrogens with one attached hydrogen (secondary N) is 1. The third-order valence-electron chi connectivity index (χ3n) is 4.04. The summed E-state index contributed by atoms with van der Waals surface area (Å²) in [5, 5.41) is 4.38. The number of hydrogen-bond acceptors (Lipinski definition) is 3. The molecule has 132 valence electrons. The van der Waals surface area contributed by atoms with Crippen LogP contribution in [0.15, 0.2) is 66.7 Å². The minimum Gasteiger partial charge on any atom is -0.449 e. The molecule has 0 aliphatic rings. The van der Waals surface area contributed by atoms with Crippen molar-refractivity contribution >= 4 is 22.6 Å². The maximum atomic E-state index is 12.9. The van der Waals surface area contributed by atoms with E-state index in [0.29, 0.717) is 5.56 Å². The monoisotopic (exact) mass is 351 g/mol. The fraction of sp³-hybridized carbons (Fsp3) is 0.143. The smallest absolute Gasteiger partial charge is 0.339 e. The molecule has 3 aromatic carbocycles. The van der Waals surface area contributed by atoms with E-state index < -0.39 is 18.0 Å². The summed E-state index contributed by atoms with van der Waals surface area (Å²) >= 11 is 0. The Morgan fingerprint density at radius 3 is 2.46 bits per heavy atom. The van der Waals surface area contributed by atoms with Gasteiger partial charge in [-0.25, -0.2) is 9.18 Å². The Balaban J connectivity index is 1.63. The van der Waals surface area contributed by atoms with Crippen LogP contribution in [0.4, 0.5) is 4.39 Å². The van der Waals surface area contributed by atoms with Crippen LogP contribution < -0.4 is 5.32 Å². The Kier molecular flexibility index (Phi) is 5.27. The van der Waals surface area contributed by atoms with E-state index in [1.807, 2.05) is 30.3 Å². The Morgan fingerprint density at radius 1 is 1.00 bits per heavy atom. The van der Waals surface area contributed by atoms with E-state index in [-0.39, 0.29) is 12.4 Å². The molecule has 0 saturated heterocycles. The summed E-state index contributed by atoms with van der Waals surface area (Å²) in [6.07, 6.45) is -0.943. The molecule has 1 atom stereocenters. The van der Waals surface area contributed by atoms with Gasteiger partial charge in [0.05, 0.1) is 5.56 Å². The number of benzene rings is 3. The number of ether oxygens (including phenoxy) is 1. The molecule has 5 heteroatoms. The lowest BCUT2D eigenvalue weighted by molar-refractivity contribution is -0.129. The molecule has 26 heavy (non-hydrogen) atoms. The van der Waals surface area contributed by atoms with Gasteiger partial charge in [0.2, 0.25) is 0 Å². The van der Waals surface area contributed by atoms with Crippen LogP contribution >= 0.6 is 0 Å². The number of amides is 1. The van der Waals surface area contributed by atoms with Crippen molar-refractivity contribution < 1.29 is 18.7 Å². The normalized spacial score (nSPS) is 11.8. The summed E-state index contributed by atoms with van der Waals surface area (Å²) in [5.74, 6) is -1.30. The van der Waals surface area contributed by atoms with Crippen molar-refractivity contribution in [3.05, 3.63) is 83.7 Å². The number of carbonyl (C=O) groups excluding carboxylic acids is 2. The van der Waals surface area contributed by atoms with E-state index in [9.17, 15) is 14.0 Å². The van der Waals surface area contributed by atoms with Gasteiger partial charge in [0.25, 0.3) is 5.91 Å². The van der Waals surface area contributed by atoms with Crippen molar-refractivity contribution in [1.82, 2.24) is 5.32 Å². The Labute approximate surface area is 150 Å². The second kappa shape index (κ2) is 7.78. The Morgan fingerprint density at radius 2 is 1.69 bits per heavy atom. The fourth-order valence-corrected chi connectivity index (χ4v) is 2.62. The van der Waals surface area contributed by atoms with Crippen molar-refractivity contribution in [1.29, 1.82) is 0 Å². The Bertz CT molecular complexity index is 932. The van der Waals surface area contributed by atoms with Gasteiger partial charge in [-0.15, -0.1) is 0 Å². The zero-order chi connectivity index (χ0) is 18.5. The molecular formula is C21H18FNO3. The first kappa shape index (κ1) is 17.6. The van der Waals surface area contributed by atoms with Gasteiger partial charge in [0, 0.05) is 6.54 Å². The first-order chi connectivity index (χ1) is 12.5. The van der Waals surface area contributed by atoms with Crippen LogP contribution in [0, 0.1) is 5.82 Å². The highest BCUT2D eigenvalue weighted by Crippen LogP contribution is 2.19. The van der Waals surface area contributed by atoms with Crippen molar-refractivity contribution in [3.8, 4) is 0 Å². The second-order valence-electron chi connectivity index (χ2n) is 5.92. The molecule has 0 saturated carbocycles. The summed E-state index contributed by atoms with van der Waals surface area (Å²) in [7, 11) is 0. The lowest BCUT2D eigenvalue weighted by Crippen LogP contribution is -2.35.